The van der Waals surface area contributed by atoms with Gasteiger partial charge in [0.2, 0.25) is 0 Å². The van der Waals surface area contributed by atoms with Crippen LogP contribution in [0.4, 0.5) is 0 Å². The van der Waals surface area contributed by atoms with Crippen LogP contribution in [0.2, 0.25) is 0 Å². The Hall–Kier alpha value is -3.06. The molecule has 0 bridgehead atoms. The predicted molar refractivity (Wildman–Crippen MR) is 115 cm³/mol. The van der Waals surface area contributed by atoms with Crippen molar-refractivity contribution in [2.75, 3.05) is 12.4 Å². The van der Waals surface area contributed by atoms with E-state index in [9.17, 15) is 4.79 Å². The van der Waals surface area contributed by atoms with E-state index in [1.807, 2.05) is 60.0 Å². The van der Waals surface area contributed by atoms with Gasteiger partial charge in [0, 0.05) is 17.9 Å². The van der Waals surface area contributed by atoms with Crippen LogP contribution in [-0.4, -0.2) is 33.0 Å². The number of rotatable bonds is 10. The Labute approximate surface area is 175 Å². The highest BCUT2D eigenvalue weighted by Gasteiger charge is 2.13. The first-order valence-corrected chi connectivity index (χ1v) is 10.3. The summed E-state index contributed by atoms with van der Waals surface area (Å²) in [5.74, 6) is 2.14. The lowest BCUT2D eigenvalue weighted by molar-refractivity contribution is 0.0949. The van der Waals surface area contributed by atoms with Crippen LogP contribution in [0.5, 0.6) is 5.75 Å². The summed E-state index contributed by atoms with van der Waals surface area (Å²) in [6, 6.07) is 17.2. The van der Waals surface area contributed by atoms with Crippen molar-refractivity contribution in [2.24, 2.45) is 0 Å². The first-order chi connectivity index (χ1) is 14.2. The van der Waals surface area contributed by atoms with Gasteiger partial charge in [-0.15, -0.1) is 16.8 Å². The van der Waals surface area contributed by atoms with E-state index in [4.69, 9.17) is 4.74 Å². The summed E-state index contributed by atoms with van der Waals surface area (Å²) in [6.07, 6.45) is 1.79. The van der Waals surface area contributed by atoms with Crippen LogP contribution in [0.15, 0.2) is 72.4 Å². The average molecular weight is 409 g/mol. The fourth-order valence-corrected chi connectivity index (χ4v) is 3.51. The minimum atomic E-state index is -0.132. The Bertz CT molecular complexity index is 956. The number of nitrogens with one attached hydrogen (secondary N) is 1. The minimum Gasteiger partial charge on any atom is -0.493 e. The maximum Gasteiger partial charge on any atom is 0.251 e. The molecule has 0 atom stereocenters. The van der Waals surface area contributed by atoms with E-state index in [1.165, 1.54) is 0 Å². The summed E-state index contributed by atoms with van der Waals surface area (Å²) in [5, 5.41) is 12.2. The molecule has 29 heavy (non-hydrogen) atoms. The van der Waals surface area contributed by atoms with Gasteiger partial charge in [-0.05, 0) is 31.2 Å². The minimum absolute atomic E-state index is 0.132. The second kappa shape index (κ2) is 10.5. The monoisotopic (exact) mass is 408 g/mol. The lowest BCUT2D eigenvalue weighted by Gasteiger charge is -2.09. The van der Waals surface area contributed by atoms with Gasteiger partial charge < -0.3 is 14.6 Å². The second-order valence-corrected chi connectivity index (χ2v) is 7.42. The standard InChI is InChI=1S/C22H24N4O2S/c1-3-12-26-20(16-23-21(27)18-9-7-8-17(2)15-18)24-25-22(26)29-14-13-28-19-10-5-4-6-11-19/h3-11,15H,1,12-14,16H2,2H3,(H,23,27). The molecule has 2 aromatic carbocycles. The Morgan fingerprint density at radius 3 is 2.79 bits per heavy atom. The number of thioether (sulfide) groups is 1. The molecule has 0 aliphatic carbocycles. The van der Waals surface area contributed by atoms with E-state index in [0.29, 0.717) is 31.1 Å². The number of carbonyl (C=O) groups is 1. The Balaban J connectivity index is 1.56. The summed E-state index contributed by atoms with van der Waals surface area (Å²) in [4.78, 5) is 12.4. The zero-order valence-electron chi connectivity index (χ0n) is 16.4. The quantitative estimate of drug-likeness (QED) is 0.313. The number of nitrogens with zero attached hydrogens (tertiary/aromatic N) is 3. The zero-order valence-corrected chi connectivity index (χ0v) is 17.2. The topological polar surface area (TPSA) is 69.0 Å². The van der Waals surface area contributed by atoms with Gasteiger partial charge in [0.15, 0.2) is 11.0 Å². The fourth-order valence-electron chi connectivity index (χ4n) is 2.73. The van der Waals surface area contributed by atoms with Crippen molar-refractivity contribution in [2.45, 2.75) is 25.2 Å². The van der Waals surface area contributed by atoms with Gasteiger partial charge in [-0.1, -0.05) is 53.7 Å². The highest BCUT2D eigenvalue weighted by molar-refractivity contribution is 7.99. The van der Waals surface area contributed by atoms with E-state index >= 15 is 0 Å². The number of hydrogen-bond acceptors (Lipinski definition) is 5. The van der Waals surface area contributed by atoms with Gasteiger partial charge in [0.05, 0.1) is 13.2 Å². The number of ether oxygens (including phenoxy) is 1. The number of allylic oxidation sites excluding steroid dienone is 1. The summed E-state index contributed by atoms with van der Waals surface area (Å²) < 4.78 is 7.67. The van der Waals surface area contributed by atoms with E-state index in [2.05, 4.69) is 22.1 Å². The summed E-state index contributed by atoms with van der Waals surface area (Å²) in [6.45, 7) is 7.21. The van der Waals surface area contributed by atoms with Crippen molar-refractivity contribution >= 4 is 17.7 Å². The maximum atomic E-state index is 12.4. The molecule has 3 rings (SSSR count). The van der Waals surface area contributed by atoms with E-state index < -0.39 is 0 Å². The first kappa shape index (κ1) is 20.7. The Kier molecular flexibility index (Phi) is 7.47. The fraction of sp³-hybridized carbons (Fsp3) is 0.227. The molecule has 0 aliphatic heterocycles. The molecule has 0 aliphatic rings. The van der Waals surface area contributed by atoms with Gasteiger partial charge in [-0.2, -0.15) is 0 Å². The van der Waals surface area contributed by atoms with Crippen LogP contribution >= 0.6 is 11.8 Å². The number of para-hydroxylation sites is 1. The highest BCUT2D eigenvalue weighted by Crippen LogP contribution is 2.18. The molecule has 0 radical (unpaired) electrons. The number of hydrogen-bond donors (Lipinski definition) is 1. The molecule has 1 aromatic heterocycles. The van der Waals surface area contributed by atoms with Gasteiger partial charge in [0.1, 0.15) is 5.75 Å². The average Bonchev–Trinajstić information content (AvgIpc) is 3.12. The van der Waals surface area contributed by atoms with Crippen molar-refractivity contribution in [3.05, 3.63) is 84.2 Å². The third kappa shape index (κ3) is 5.96. The summed E-state index contributed by atoms with van der Waals surface area (Å²) >= 11 is 1.56. The first-order valence-electron chi connectivity index (χ1n) is 9.36. The SMILES string of the molecule is C=CCn1c(CNC(=O)c2cccc(C)c2)nnc1SCCOc1ccccc1. The molecule has 0 unspecified atom stereocenters. The summed E-state index contributed by atoms with van der Waals surface area (Å²) in [7, 11) is 0. The molecule has 0 spiro atoms. The molecule has 150 valence electrons. The molecule has 6 nitrogen and oxygen atoms in total. The lowest BCUT2D eigenvalue weighted by Crippen LogP contribution is -2.25. The predicted octanol–water partition coefficient (Wildman–Crippen LogP) is 3.87. The molecular weight excluding hydrogens is 384 g/mol. The largest absolute Gasteiger partial charge is 0.493 e. The van der Waals surface area contributed by atoms with Gasteiger partial charge in [0.25, 0.3) is 5.91 Å². The van der Waals surface area contributed by atoms with Crippen LogP contribution in [0.25, 0.3) is 0 Å². The summed E-state index contributed by atoms with van der Waals surface area (Å²) in [5.41, 5.74) is 1.68. The van der Waals surface area contributed by atoms with Crippen LogP contribution in [0.1, 0.15) is 21.7 Å². The Morgan fingerprint density at radius 1 is 1.21 bits per heavy atom. The Morgan fingerprint density at radius 2 is 2.03 bits per heavy atom. The molecule has 0 saturated heterocycles. The number of aryl methyl sites for hydroxylation is 1. The van der Waals surface area contributed by atoms with Crippen molar-refractivity contribution in [1.82, 2.24) is 20.1 Å². The zero-order chi connectivity index (χ0) is 20.5. The van der Waals surface area contributed by atoms with Crippen LogP contribution in [0, 0.1) is 6.92 Å². The third-order valence-electron chi connectivity index (χ3n) is 4.12. The van der Waals surface area contributed by atoms with Crippen LogP contribution < -0.4 is 10.1 Å². The van der Waals surface area contributed by atoms with Crippen LogP contribution in [0.3, 0.4) is 0 Å². The number of aromatic nitrogens is 3. The second-order valence-electron chi connectivity index (χ2n) is 6.36. The molecular formula is C22H24N4O2S. The highest BCUT2D eigenvalue weighted by atomic mass is 32.2. The lowest BCUT2D eigenvalue weighted by atomic mass is 10.1. The van der Waals surface area contributed by atoms with Crippen molar-refractivity contribution in [3.63, 3.8) is 0 Å². The van der Waals surface area contributed by atoms with E-state index in [0.717, 1.165) is 22.2 Å². The van der Waals surface area contributed by atoms with Crippen molar-refractivity contribution in [1.29, 1.82) is 0 Å². The van der Waals surface area contributed by atoms with Gasteiger partial charge in [-0.3, -0.25) is 4.79 Å². The number of carbonyl (C=O) groups excluding carboxylic acids is 1. The maximum absolute atomic E-state index is 12.4. The molecule has 1 N–H and O–H groups in total. The molecule has 7 heteroatoms. The molecule has 3 aromatic rings. The van der Waals surface area contributed by atoms with Gasteiger partial charge in [-0.25, -0.2) is 0 Å². The number of benzene rings is 2. The van der Waals surface area contributed by atoms with Crippen molar-refractivity contribution < 1.29 is 9.53 Å². The van der Waals surface area contributed by atoms with Crippen LogP contribution in [-0.2, 0) is 13.1 Å². The molecule has 1 amide bonds. The smallest absolute Gasteiger partial charge is 0.251 e. The van der Waals surface area contributed by atoms with E-state index in [-0.39, 0.29) is 5.91 Å². The molecule has 1 heterocycles. The molecule has 0 fully saturated rings. The third-order valence-corrected chi connectivity index (χ3v) is 5.05. The van der Waals surface area contributed by atoms with Gasteiger partial charge >= 0.3 is 0 Å². The molecule has 0 saturated carbocycles. The van der Waals surface area contributed by atoms with E-state index in [1.54, 1.807) is 23.9 Å². The normalized spacial score (nSPS) is 10.5. The van der Waals surface area contributed by atoms with Crippen molar-refractivity contribution in [3.8, 4) is 5.75 Å². The number of amides is 1.